The Labute approximate surface area is 162 Å². The summed E-state index contributed by atoms with van der Waals surface area (Å²) in [6, 6.07) is 5.21. The molecule has 28 heavy (non-hydrogen) atoms. The molecule has 1 fully saturated rings. The number of aromatic nitrogens is 2. The molecule has 2 N–H and O–H groups in total. The number of benzene rings is 1. The molecule has 2 heterocycles. The van der Waals surface area contributed by atoms with Gasteiger partial charge in [-0.05, 0) is 49.4 Å². The second-order valence-electron chi connectivity index (χ2n) is 7.02. The predicted molar refractivity (Wildman–Crippen MR) is 102 cm³/mol. The van der Waals surface area contributed by atoms with Gasteiger partial charge in [0.05, 0.1) is 12.8 Å². The van der Waals surface area contributed by atoms with Crippen LogP contribution in [0.4, 0.5) is 21.0 Å². The molecule has 0 spiro atoms. The Kier molecular flexibility index (Phi) is 5.14. The molecule has 0 saturated heterocycles. The van der Waals surface area contributed by atoms with Crippen LogP contribution in [0.3, 0.4) is 0 Å². The quantitative estimate of drug-likeness (QED) is 0.819. The normalized spacial score (nSPS) is 15.7. The van der Waals surface area contributed by atoms with E-state index in [9.17, 15) is 9.59 Å². The fourth-order valence-electron chi connectivity index (χ4n) is 3.30. The minimum atomic E-state index is -0.370. The molecule has 0 unspecified atom stereocenters. The number of carbonyl (C=O) groups excluding carboxylic acids is 2. The molecule has 2 aromatic rings. The van der Waals surface area contributed by atoms with Crippen LogP contribution in [0.1, 0.15) is 42.5 Å². The number of urea groups is 1. The Morgan fingerprint density at radius 3 is 3.00 bits per heavy atom. The number of fused-ring (bicyclic) bond motifs is 1. The lowest BCUT2D eigenvalue weighted by atomic mass is 10.0. The van der Waals surface area contributed by atoms with Crippen molar-refractivity contribution in [1.29, 1.82) is 0 Å². The van der Waals surface area contributed by atoms with Gasteiger partial charge in [-0.1, -0.05) is 5.16 Å². The van der Waals surface area contributed by atoms with Gasteiger partial charge in [0.15, 0.2) is 5.82 Å². The molecule has 1 aromatic carbocycles. The van der Waals surface area contributed by atoms with Crippen LogP contribution in [0.5, 0.6) is 0 Å². The number of hydrogen-bond donors (Lipinski definition) is 2. The van der Waals surface area contributed by atoms with Gasteiger partial charge >= 0.3 is 12.1 Å². The number of nitrogens with zero attached hydrogens (tertiary/aromatic N) is 3. The lowest BCUT2D eigenvalue weighted by Crippen LogP contribution is -2.35. The number of nitrogens with one attached hydrogen (secondary N) is 2. The molecule has 1 aliphatic heterocycles. The van der Waals surface area contributed by atoms with Gasteiger partial charge in [0.1, 0.15) is 0 Å². The van der Waals surface area contributed by atoms with Gasteiger partial charge in [0.2, 0.25) is 5.89 Å². The summed E-state index contributed by atoms with van der Waals surface area (Å²) in [5.41, 5.74) is 2.51. The highest BCUT2D eigenvalue weighted by molar-refractivity contribution is 5.92. The number of anilines is 2. The van der Waals surface area contributed by atoms with Crippen LogP contribution in [-0.2, 0) is 17.6 Å². The summed E-state index contributed by atoms with van der Waals surface area (Å²) in [7, 11) is 1.37. The van der Waals surface area contributed by atoms with E-state index < -0.39 is 0 Å². The molecule has 0 atom stereocenters. The van der Waals surface area contributed by atoms with E-state index in [-0.39, 0.29) is 12.1 Å². The predicted octanol–water partition coefficient (Wildman–Crippen LogP) is 2.83. The summed E-state index contributed by atoms with van der Waals surface area (Å²) in [4.78, 5) is 30.0. The minimum Gasteiger partial charge on any atom is -0.452 e. The van der Waals surface area contributed by atoms with Gasteiger partial charge in [-0.3, -0.25) is 4.90 Å². The summed E-state index contributed by atoms with van der Waals surface area (Å²) in [5.74, 6) is 1.74. The number of aryl methyl sites for hydroxylation is 1. The lowest BCUT2D eigenvalue weighted by Gasteiger charge is -2.28. The molecule has 4 rings (SSSR count). The van der Waals surface area contributed by atoms with Crippen LogP contribution in [-0.4, -0.2) is 42.5 Å². The third kappa shape index (κ3) is 4.08. The first kappa shape index (κ1) is 18.3. The Balaban J connectivity index is 1.29. The maximum absolute atomic E-state index is 12.1. The van der Waals surface area contributed by atoms with Crippen molar-refractivity contribution in [1.82, 2.24) is 15.5 Å². The van der Waals surface area contributed by atoms with Crippen molar-refractivity contribution in [2.45, 2.75) is 38.0 Å². The first-order valence-corrected chi connectivity index (χ1v) is 9.50. The van der Waals surface area contributed by atoms with Gasteiger partial charge in [0, 0.05) is 31.1 Å². The van der Waals surface area contributed by atoms with Crippen molar-refractivity contribution in [2.75, 3.05) is 30.4 Å². The van der Waals surface area contributed by atoms with Crippen molar-refractivity contribution in [3.63, 3.8) is 0 Å². The van der Waals surface area contributed by atoms with E-state index >= 15 is 0 Å². The van der Waals surface area contributed by atoms with Crippen molar-refractivity contribution in [3.05, 3.63) is 35.5 Å². The van der Waals surface area contributed by atoms with Gasteiger partial charge in [-0.15, -0.1) is 0 Å². The monoisotopic (exact) mass is 385 g/mol. The van der Waals surface area contributed by atoms with Crippen LogP contribution >= 0.6 is 0 Å². The van der Waals surface area contributed by atoms with Gasteiger partial charge in [0.25, 0.3) is 0 Å². The van der Waals surface area contributed by atoms with Crippen LogP contribution in [0.15, 0.2) is 22.7 Å². The highest BCUT2D eigenvalue weighted by atomic mass is 16.5. The van der Waals surface area contributed by atoms with Crippen molar-refractivity contribution >= 4 is 23.5 Å². The Bertz CT molecular complexity index is 877. The highest BCUT2D eigenvalue weighted by Crippen LogP contribution is 2.38. The number of carbonyl (C=O) groups is 2. The summed E-state index contributed by atoms with van der Waals surface area (Å²) in [6.45, 7) is 1.04. The molecule has 3 amide bonds. The van der Waals surface area contributed by atoms with Crippen LogP contribution in [0, 0.1) is 0 Å². The second kappa shape index (κ2) is 7.87. The van der Waals surface area contributed by atoms with Crippen molar-refractivity contribution in [2.24, 2.45) is 0 Å². The zero-order valence-corrected chi connectivity index (χ0v) is 15.7. The molecule has 1 saturated carbocycles. The minimum absolute atomic E-state index is 0.300. The van der Waals surface area contributed by atoms with Crippen LogP contribution in [0.25, 0.3) is 0 Å². The number of amides is 3. The van der Waals surface area contributed by atoms with E-state index in [1.165, 1.54) is 7.11 Å². The Hall–Kier alpha value is -3.10. The van der Waals surface area contributed by atoms with Crippen LogP contribution in [0.2, 0.25) is 0 Å². The number of ether oxygens (including phenoxy) is 1. The summed E-state index contributed by atoms with van der Waals surface area (Å²) >= 11 is 0. The molecular formula is C19H23N5O4. The van der Waals surface area contributed by atoms with E-state index in [4.69, 9.17) is 9.26 Å². The lowest BCUT2D eigenvalue weighted by molar-refractivity contribution is 0.178. The standard InChI is InChI=1S/C19H23N5O4/c1-27-19(26)24-10-2-3-13-11-14(6-7-15(13)24)21-18(25)20-9-8-16-22-17(28-23-16)12-4-5-12/h6-7,11-12H,2-5,8-10H2,1H3,(H2,20,21,25). The first-order chi connectivity index (χ1) is 13.6. The first-order valence-electron chi connectivity index (χ1n) is 9.50. The highest BCUT2D eigenvalue weighted by Gasteiger charge is 2.29. The van der Waals surface area contributed by atoms with Gasteiger partial charge in [-0.2, -0.15) is 4.98 Å². The summed E-state index contributed by atoms with van der Waals surface area (Å²) in [6.07, 6.45) is 4.07. The van der Waals surface area contributed by atoms with E-state index in [1.807, 2.05) is 12.1 Å². The van der Waals surface area contributed by atoms with E-state index in [2.05, 4.69) is 20.8 Å². The fourth-order valence-corrected chi connectivity index (χ4v) is 3.30. The summed E-state index contributed by atoms with van der Waals surface area (Å²) < 4.78 is 10.0. The van der Waals surface area contributed by atoms with E-state index in [1.54, 1.807) is 11.0 Å². The largest absolute Gasteiger partial charge is 0.452 e. The number of rotatable bonds is 5. The van der Waals surface area contributed by atoms with Crippen molar-refractivity contribution in [3.8, 4) is 0 Å². The molecule has 148 valence electrons. The molecular weight excluding hydrogens is 362 g/mol. The molecule has 0 radical (unpaired) electrons. The Morgan fingerprint density at radius 1 is 1.36 bits per heavy atom. The molecule has 2 aliphatic rings. The van der Waals surface area contributed by atoms with Gasteiger partial charge in [-0.25, -0.2) is 9.59 Å². The Morgan fingerprint density at radius 2 is 2.21 bits per heavy atom. The third-order valence-electron chi connectivity index (χ3n) is 4.90. The average Bonchev–Trinajstić information content (AvgIpc) is 3.45. The van der Waals surface area contributed by atoms with E-state index in [0.717, 1.165) is 36.9 Å². The molecule has 1 aliphatic carbocycles. The second-order valence-corrected chi connectivity index (χ2v) is 7.02. The zero-order valence-electron chi connectivity index (χ0n) is 15.7. The number of hydrogen-bond acceptors (Lipinski definition) is 6. The summed E-state index contributed by atoms with van der Waals surface area (Å²) in [5, 5.41) is 9.55. The third-order valence-corrected chi connectivity index (χ3v) is 4.90. The fraction of sp³-hybridized carbons (Fsp3) is 0.474. The maximum Gasteiger partial charge on any atom is 0.414 e. The van der Waals surface area contributed by atoms with Crippen molar-refractivity contribution < 1.29 is 18.8 Å². The van der Waals surface area contributed by atoms with Crippen LogP contribution < -0.4 is 15.5 Å². The molecule has 9 heteroatoms. The van der Waals surface area contributed by atoms with Gasteiger partial charge < -0.3 is 19.9 Å². The average molecular weight is 385 g/mol. The number of methoxy groups -OCH3 is 1. The molecule has 1 aromatic heterocycles. The zero-order chi connectivity index (χ0) is 19.5. The smallest absolute Gasteiger partial charge is 0.414 e. The molecule has 0 bridgehead atoms. The van der Waals surface area contributed by atoms with E-state index in [0.29, 0.717) is 42.8 Å². The SMILES string of the molecule is COC(=O)N1CCCc2cc(NC(=O)NCCc3noc(C4CC4)n3)ccc21. The molecule has 9 nitrogen and oxygen atoms in total. The topological polar surface area (TPSA) is 110 Å². The maximum atomic E-state index is 12.1.